The highest BCUT2D eigenvalue weighted by Crippen LogP contribution is 2.14. The molecule has 0 unspecified atom stereocenters. The van der Waals surface area contributed by atoms with E-state index in [1.54, 1.807) is 13.8 Å². The second-order valence-electron chi connectivity index (χ2n) is 3.42. The zero-order valence-corrected chi connectivity index (χ0v) is 8.41. The normalized spacial score (nSPS) is 11.8. The number of carbonyl (C=O) groups excluding carboxylic acids is 1. The Labute approximate surface area is 78.5 Å². The lowest BCUT2D eigenvalue weighted by atomic mass is 10.2. The average molecular weight is 190 g/mol. The van der Waals surface area contributed by atoms with E-state index in [9.17, 15) is 15.0 Å². The smallest absolute Gasteiger partial charge is 0.324 e. The fourth-order valence-corrected chi connectivity index (χ4v) is 0.737. The maximum Gasteiger partial charge on any atom is 0.324 e. The Bertz CT molecular complexity index is 163. The molecule has 0 fully saturated rings. The molecule has 0 aliphatic carbocycles. The lowest BCUT2D eigenvalue weighted by Crippen LogP contribution is -2.35. The molecule has 0 aromatic carbocycles. The average Bonchev–Trinajstić information content (AvgIpc) is 2.00. The molecule has 0 aliphatic rings. The van der Waals surface area contributed by atoms with Gasteiger partial charge < -0.3 is 14.9 Å². The molecule has 4 nitrogen and oxygen atoms in total. The molecule has 0 radical (unpaired) electrons. The molecular formula is C9H18O4. The van der Waals surface area contributed by atoms with Gasteiger partial charge in [-0.1, -0.05) is 27.2 Å². The summed E-state index contributed by atoms with van der Waals surface area (Å²) in [5, 5.41) is 18.4. The number of carbonyl (C=O) groups is 1. The van der Waals surface area contributed by atoms with E-state index < -0.39 is 11.9 Å². The molecule has 0 amide bonds. The van der Waals surface area contributed by atoms with Crippen molar-refractivity contribution in [1.29, 1.82) is 0 Å². The Kier molecular flexibility index (Phi) is 4.95. The molecule has 0 heterocycles. The van der Waals surface area contributed by atoms with E-state index in [0.717, 1.165) is 6.42 Å². The first-order chi connectivity index (χ1) is 5.89. The van der Waals surface area contributed by atoms with Crippen LogP contribution < -0.4 is 0 Å². The summed E-state index contributed by atoms with van der Waals surface area (Å²) < 4.78 is 4.47. The third-order valence-electron chi connectivity index (χ3n) is 1.59. The minimum atomic E-state index is -2.29. The minimum absolute atomic E-state index is 0.0575. The monoisotopic (exact) mass is 190 g/mol. The van der Waals surface area contributed by atoms with Gasteiger partial charge in [0.25, 0.3) is 0 Å². The van der Waals surface area contributed by atoms with Crippen molar-refractivity contribution >= 4 is 5.97 Å². The van der Waals surface area contributed by atoms with Crippen LogP contribution in [0.2, 0.25) is 0 Å². The molecule has 0 aromatic heterocycles. The number of rotatable bonds is 5. The third kappa shape index (κ3) is 5.60. The highest BCUT2D eigenvalue weighted by molar-refractivity contribution is 5.71. The van der Waals surface area contributed by atoms with Crippen LogP contribution in [0, 0.1) is 5.92 Å². The van der Waals surface area contributed by atoms with Crippen molar-refractivity contribution in [2.45, 2.75) is 46.0 Å². The van der Waals surface area contributed by atoms with Crippen molar-refractivity contribution in [3.8, 4) is 0 Å². The number of hydrogen-bond donors (Lipinski definition) is 2. The number of aliphatic hydroxyl groups is 2. The molecule has 0 aliphatic heterocycles. The van der Waals surface area contributed by atoms with Gasteiger partial charge in [0.05, 0.1) is 5.92 Å². The van der Waals surface area contributed by atoms with E-state index in [-0.39, 0.29) is 12.3 Å². The molecule has 78 valence electrons. The van der Waals surface area contributed by atoms with Crippen LogP contribution in [-0.2, 0) is 9.53 Å². The summed E-state index contributed by atoms with van der Waals surface area (Å²) in [6.45, 7) is 5.19. The fourth-order valence-electron chi connectivity index (χ4n) is 0.737. The predicted octanol–water partition coefficient (Wildman–Crippen LogP) is 1.01. The molecule has 0 rings (SSSR count). The van der Waals surface area contributed by atoms with Crippen molar-refractivity contribution in [1.82, 2.24) is 0 Å². The van der Waals surface area contributed by atoms with Crippen LogP contribution in [-0.4, -0.2) is 22.2 Å². The Morgan fingerprint density at radius 1 is 1.46 bits per heavy atom. The molecule has 4 heteroatoms. The fraction of sp³-hybridized carbons (Fsp3) is 0.889. The zero-order chi connectivity index (χ0) is 10.5. The van der Waals surface area contributed by atoms with Crippen molar-refractivity contribution in [3.63, 3.8) is 0 Å². The van der Waals surface area contributed by atoms with Crippen LogP contribution in [0.25, 0.3) is 0 Å². The summed E-state index contributed by atoms with van der Waals surface area (Å²) in [7, 11) is 0. The molecule has 13 heavy (non-hydrogen) atoms. The number of unbranched alkanes of at least 4 members (excludes halogenated alkanes) is 1. The first kappa shape index (κ1) is 12.4. The topological polar surface area (TPSA) is 66.8 Å². The summed E-state index contributed by atoms with van der Waals surface area (Å²) in [5.74, 6) is -3.24. The maximum atomic E-state index is 11.0. The molecule has 0 aromatic rings. The van der Waals surface area contributed by atoms with E-state index in [2.05, 4.69) is 4.74 Å². The lowest BCUT2D eigenvalue weighted by Gasteiger charge is -2.22. The molecule has 2 N–H and O–H groups in total. The maximum absolute atomic E-state index is 11.0. The van der Waals surface area contributed by atoms with Crippen molar-refractivity contribution in [2.24, 2.45) is 5.92 Å². The Morgan fingerprint density at radius 2 is 2.00 bits per heavy atom. The molecular weight excluding hydrogens is 172 g/mol. The largest absolute Gasteiger partial charge is 0.408 e. The van der Waals surface area contributed by atoms with Gasteiger partial charge in [-0.3, -0.25) is 4.79 Å². The van der Waals surface area contributed by atoms with Gasteiger partial charge in [-0.05, 0) is 6.42 Å². The molecule has 0 saturated carbocycles. The summed E-state index contributed by atoms with van der Waals surface area (Å²) in [4.78, 5) is 11.0. The predicted molar refractivity (Wildman–Crippen MR) is 47.6 cm³/mol. The van der Waals surface area contributed by atoms with Gasteiger partial charge >= 0.3 is 11.9 Å². The quantitative estimate of drug-likeness (QED) is 0.501. The molecule has 0 saturated heterocycles. The van der Waals surface area contributed by atoms with Gasteiger partial charge in [0.2, 0.25) is 0 Å². The number of esters is 1. The van der Waals surface area contributed by atoms with Gasteiger partial charge in [-0.15, -0.1) is 0 Å². The lowest BCUT2D eigenvalue weighted by molar-refractivity contribution is -0.323. The van der Waals surface area contributed by atoms with E-state index in [1.807, 2.05) is 6.92 Å². The molecule has 0 atom stereocenters. The van der Waals surface area contributed by atoms with Gasteiger partial charge in [0.15, 0.2) is 0 Å². The summed E-state index contributed by atoms with van der Waals surface area (Å²) in [6, 6.07) is 0. The SMILES string of the molecule is CCCCC(O)(O)OC(=O)C(C)C. The highest BCUT2D eigenvalue weighted by Gasteiger charge is 2.28. The molecule has 0 spiro atoms. The van der Waals surface area contributed by atoms with E-state index in [1.165, 1.54) is 0 Å². The second kappa shape index (κ2) is 5.19. The van der Waals surface area contributed by atoms with Gasteiger partial charge in [0, 0.05) is 6.42 Å². The number of ether oxygens (including phenoxy) is 1. The van der Waals surface area contributed by atoms with Crippen molar-refractivity contribution in [3.05, 3.63) is 0 Å². The van der Waals surface area contributed by atoms with Gasteiger partial charge in [-0.25, -0.2) is 0 Å². The van der Waals surface area contributed by atoms with Gasteiger partial charge in [0.1, 0.15) is 0 Å². The Morgan fingerprint density at radius 3 is 2.38 bits per heavy atom. The van der Waals surface area contributed by atoms with Crippen LogP contribution in [0.4, 0.5) is 0 Å². The second-order valence-corrected chi connectivity index (χ2v) is 3.42. The van der Waals surface area contributed by atoms with Crippen LogP contribution in [0.3, 0.4) is 0 Å². The number of hydrogen-bond acceptors (Lipinski definition) is 4. The van der Waals surface area contributed by atoms with Crippen molar-refractivity contribution in [2.75, 3.05) is 0 Å². The molecule has 0 bridgehead atoms. The summed E-state index contributed by atoms with van der Waals surface area (Å²) in [5.41, 5.74) is 0. The Hall–Kier alpha value is -0.610. The van der Waals surface area contributed by atoms with Crippen LogP contribution in [0.15, 0.2) is 0 Å². The van der Waals surface area contributed by atoms with E-state index in [0.29, 0.717) is 6.42 Å². The zero-order valence-electron chi connectivity index (χ0n) is 8.41. The van der Waals surface area contributed by atoms with E-state index >= 15 is 0 Å². The van der Waals surface area contributed by atoms with Gasteiger partial charge in [-0.2, -0.15) is 0 Å². The van der Waals surface area contributed by atoms with E-state index in [4.69, 9.17) is 0 Å². The van der Waals surface area contributed by atoms with Crippen LogP contribution in [0.5, 0.6) is 0 Å². The standard InChI is InChI=1S/C9H18O4/c1-4-5-6-9(11,12)13-8(10)7(2)3/h7,11-12H,4-6H2,1-3H3. The van der Waals surface area contributed by atoms with Crippen LogP contribution in [0.1, 0.15) is 40.0 Å². The highest BCUT2D eigenvalue weighted by atomic mass is 16.8. The Balaban J connectivity index is 3.93. The summed E-state index contributed by atoms with van der Waals surface area (Å²) in [6.07, 6.45) is 1.49. The first-order valence-electron chi connectivity index (χ1n) is 4.56. The van der Waals surface area contributed by atoms with Crippen molar-refractivity contribution < 1.29 is 19.7 Å². The minimum Gasteiger partial charge on any atom is -0.408 e. The first-order valence-corrected chi connectivity index (χ1v) is 4.56. The third-order valence-corrected chi connectivity index (χ3v) is 1.59. The summed E-state index contributed by atoms with van der Waals surface area (Å²) >= 11 is 0. The van der Waals surface area contributed by atoms with Crippen LogP contribution >= 0.6 is 0 Å².